The van der Waals surface area contributed by atoms with Gasteiger partial charge in [0, 0.05) is 13.3 Å². The van der Waals surface area contributed by atoms with Gasteiger partial charge in [0.25, 0.3) is 0 Å². The molecule has 4 aliphatic carbocycles. The third-order valence-electron chi connectivity index (χ3n) is 9.90. The van der Waals surface area contributed by atoms with E-state index in [4.69, 9.17) is 4.74 Å². The van der Waals surface area contributed by atoms with Crippen molar-refractivity contribution in [1.82, 2.24) is 0 Å². The number of fused-ring (bicyclic) bond motifs is 5. The summed E-state index contributed by atoms with van der Waals surface area (Å²) in [6.45, 7) is 11.6. The number of ether oxygens (including phenoxy) is 1. The molecule has 8 unspecified atom stereocenters. The van der Waals surface area contributed by atoms with Crippen LogP contribution in [0, 0.1) is 40.4 Å². The smallest absolute Gasteiger partial charge is 0.302 e. The van der Waals surface area contributed by atoms with Crippen LogP contribution in [0.1, 0.15) is 98.8 Å². The Balaban J connectivity index is 1.54. The summed E-state index contributed by atoms with van der Waals surface area (Å²) in [5, 5.41) is 0. The van der Waals surface area contributed by atoms with Crippen LogP contribution in [0.15, 0.2) is 11.6 Å². The first kappa shape index (κ1) is 20.5. The first-order valence-corrected chi connectivity index (χ1v) is 12.2. The highest BCUT2D eigenvalue weighted by molar-refractivity contribution is 5.66. The molecule has 0 aromatic heterocycles. The lowest BCUT2D eigenvalue weighted by atomic mass is 9.47. The molecule has 0 amide bonds. The molecule has 8 atom stereocenters. The van der Waals surface area contributed by atoms with Crippen molar-refractivity contribution in [3.05, 3.63) is 11.6 Å². The molecule has 0 radical (unpaired) electrons. The van der Waals surface area contributed by atoms with Crippen molar-refractivity contribution in [2.24, 2.45) is 40.4 Å². The Bertz CT molecular complexity index is 636. The van der Waals surface area contributed by atoms with Gasteiger partial charge in [0.2, 0.25) is 0 Å². The molecule has 4 aliphatic rings. The van der Waals surface area contributed by atoms with Gasteiger partial charge in [-0.1, -0.05) is 52.2 Å². The molecular formula is C26H42O2. The Labute approximate surface area is 172 Å². The molecular weight excluding hydrogens is 344 g/mol. The lowest BCUT2D eigenvalue weighted by Gasteiger charge is -2.58. The van der Waals surface area contributed by atoms with Crippen LogP contribution in [0.3, 0.4) is 0 Å². The van der Waals surface area contributed by atoms with Gasteiger partial charge in [-0.3, -0.25) is 4.79 Å². The summed E-state index contributed by atoms with van der Waals surface area (Å²) >= 11 is 0. The van der Waals surface area contributed by atoms with Crippen molar-refractivity contribution in [1.29, 1.82) is 0 Å². The lowest BCUT2D eigenvalue weighted by molar-refractivity contribution is -0.148. The van der Waals surface area contributed by atoms with E-state index in [1.165, 1.54) is 51.4 Å². The Morgan fingerprint density at radius 2 is 1.96 bits per heavy atom. The zero-order valence-electron chi connectivity index (χ0n) is 18.9. The van der Waals surface area contributed by atoms with Crippen molar-refractivity contribution in [2.75, 3.05) is 0 Å². The molecule has 158 valence electrons. The molecule has 0 aromatic carbocycles. The Morgan fingerprint density at radius 3 is 2.68 bits per heavy atom. The van der Waals surface area contributed by atoms with E-state index in [2.05, 4.69) is 33.8 Å². The molecule has 0 N–H and O–H groups in total. The second-order valence-electron chi connectivity index (χ2n) is 11.2. The van der Waals surface area contributed by atoms with Gasteiger partial charge in [0.15, 0.2) is 0 Å². The number of allylic oxidation sites excluding steroid dienone is 1. The maximum Gasteiger partial charge on any atom is 0.302 e. The molecule has 3 fully saturated rings. The summed E-state index contributed by atoms with van der Waals surface area (Å²) in [5.74, 6) is 4.38. The maximum atomic E-state index is 11.4. The van der Waals surface area contributed by atoms with E-state index in [0.29, 0.717) is 10.8 Å². The number of rotatable bonds is 4. The maximum absolute atomic E-state index is 11.4. The summed E-state index contributed by atoms with van der Waals surface area (Å²) in [6, 6.07) is 0. The quantitative estimate of drug-likeness (QED) is 0.386. The summed E-state index contributed by atoms with van der Waals surface area (Å²) in [4.78, 5) is 11.4. The summed E-state index contributed by atoms with van der Waals surface area (Å²) < 4.78 is 5.59. The fourth-order valence-electron chi connectivity index (χ4n) is 8.59. The normalized spacial score (nSPS) is 46.0. The number of esters is 1. The third kappa shape index (κ3) is 3.18. The van der Waals surface area contributed by atoms with Crippen molar-refractivity contribution in [3.8, 4) is 0 Å². The first-order chi connectivity index (χ1) is 13.3. The number of carbonyl (C=O) groups is 1. The highest BCUT2D eigenvalue weighted by atomic mass is 16.5. The molecule has 2 heteroatoms. The predicted molar refractivity (Wildman–Crippen MR) is 115 cm³/mol. The van der Waals surface area contributed by atoms with Crippen LogP contribution in [0.5, 0.6) is 0 Å². The molecule has 0 aliphatic heterocycles. The number of hydrogen-bond acceptors (Lipinski definition) is 2. The Kier molecular flexibility index (Phi) is 5.47. The van der Waals surface area contributed by atoms with Crippen LogP contribution in [0.2, 0.25) is 0 Å². The number of carbonyl (C=O) groups excluding carboxylic acids is 1. The van der Waals surface area contributed by atoms with Crippen LogP contribution < -0.4 is 0 Å². The third-order valence-corrected chi connectivity index (χ3v) is 9.90. The van der Waals surface area contributed by atoms with Gasteiger partial charge in [-0.2, -0.15) is 0 Å². The van der Waals surface area contributed by atoms with E-state index in [0.717, 1.165) is 42.4 Å². The van der Waals surface area contributed by atoms with Gasteiger partial charge in [-0.15, -0.1) is 0 Å². The summed E-state index contributed by atoms with van der Waals surface area (Å²) in [6.07, 6.45) is 15.7. The van der Waals surface area contributed by atoms with E-state index in [-0.39, 0.29) is 12.1 Å². The van der Waals surface area contributed by atoms with Gasteiger partial charge in [0.1, 0.15) is 6.10 Å². The van der Waals surface area contributed by atoms with Crippen LogP contribution >= 0.6 is 0 Å². The second kappa shape index (κ2) is 7.47. The molecule has 3 saturated carbocycles. The highest BCUT2D eigenvalue weighted by Crippen LogP contribution is 2.67. The fourth-order valence-corrected chi connectivity index (χ4v) is 8.59. The number of hydrogen-bond donors (Lipinski definition) is 0. The minimum absolute atomic E-state index is 0.116. The van der Waals surface area contributed by atoms with Gasteiger partial charge in [-0.25, -0.2) is 0 Å². The van der Waals surface area contributed by atoms with E-state index in [1.807, 2.05) is 0 Å². The minimum Gasteiger partial charge on any atom is -0.462 e. The van der Waals surface area contributed by atoms with E-state index < -0.39 is 0 Å². The standard InChI is InChI=1S/C26H42O2/c1-6-7-17(2)22-10-11-23-21-9-8-19-16-20(28-18(3)27)12-14-25(19,4)24(21)13-15-26(22,23)5/h8,17,20-24H,6-7,9-16H2,1-5H3. The van der Waals surface area contributed by atoms with E-state index in [1.54, 1.807) is 12.5 Å². The molecule has 0 bridgehead atoms. The van der Waals surface area contributed by atoms with E-state index >= 15 is 0 Å². The van der Waals surface area contributed by atoms with Gasteiger partial charge in [-0.05, 0) is 85.4 Å². The van der Waals surface area contributed by atoms with Crippen LogP contribution in [-0.4, -0.2) is 12.1 Å². The van der Waals surface area contributed by atoms with Crippen molar-refractivity contribution >= 4 is 5.97 Å². The average Bonchev–Trinajstić information content (AvgIpc) is 2.99. The molecule has 0 saturated heterocycles. The Morgan fingerprint density at radius 1 is 1.18 bits per heavy atom. The molecule has 4 rings (SSSR count). The molecule has 0 heterocycles. The molecule has 0 spiro atoms. The largest absolute Gasteiger partial charge is 0.462 e. The van der Waals surface area contributed by atoms with E-state index in [9.17, 15) is 4.79 Å². The van der Waals surface area contributed by atoms with Gasteiger partial charge in [0.05, 0.1) is 0 Å². The highest BCUT2D eigenvalue weighted by Gasteiger charge is 2.59. The van der Waals surface area contributed by atoms with Crippen LogP contribution in [0.25, 0.3) is 0 Å². The minimum atomic E-state index is -0.116. The predicted octanol–water partition coefficient (Wildman–Crippen LogP) is 6.93. The van der Waals surface area contributed by atoms with Gasteiger partial charge >= 0.3 is 5.97 Å². The zero-order chi connectivity index (χ0) is 20.1. The Hall–Kier alpha value is -0.790. The average molecular weight is 387 g/mol. The van der Waals surface area contributed by atoms with Crippen molar-refractivity contribution in [2.45, 2.75) is 105 Å². The fraction of sp³-hybridized carbons (Fsp3) is 0.885. The van der Waals surface area contributed by atoms with Crippen LogP contribution in [-0.2, 0) is 9.53 Å². The van der Waals surface area contributed by atoms with Crippen LogP contribution in [0.4, 0.5) is 0 Å². The van der Waals surface area contributed by atoms with Crippen molar-refractivity contribution < 1.29 is 9.53 Å². The SMILES string of the molecule is CCCC(C)C1CCC2C3CC=C4CC(OC(C)=O)CCC4(C)C3CCC12C. The zero-order valence-corrected chi connectivity index (χ0v) is 18.9. The molecule has 0 aromatic rings. The monoisotopic (exact) mass is 386 g/mol. The van der Waals surface area contributed by atoms with Crippen molar-refractivity contribution in [3.63, 3.8) is 0 Å². The summed E-state index contributed by atoms with van der Waals surface area (Å²) in [7, 11) is 0. The summed E-state index contributed by atoms with van der Waals surface area (Å²) in [5.41, 5.74) is 2.55. The van der Waals surface area contributed by atoms with Gasteiger partial charge < -0.3 is 4.74 Å². The molecule has 28 heavy (non-hydrogen) atoms. The lowest BCUT2D eigenvalue weighted by Crippen LogP contribution is -2.51. The second-order valence-corrected chi connectivity index (χ2v) is 11.2. The molecule has 2 nitrogen and oxygen atoms in total. The topological polar surface area (TPSA) is 26.3 Å². The first-order valence-electron chi connectivity index (χ1n) is 12.2.